The highest BCUT2D eigenvalue weighted by Crippen LogP contribution is 2.47. The van der Waals surface area contributed by atoms with Crippen LogP contribution in [0.15, 0.2) is 11.8 Å². The highest BCUT2D eigenvalue weighted by Gasteiger charge is 2.59. The highest BCUT2D eigenvalue weighted by atomic mass is 16.6. The van der Waals surface area contributed by atoms with E-state index in [0.717, 1.165) is 6.42 Å². The maximum absolute atomic E-state index is 11.9. The molecule has 102 valence electrons. The van der Waals surface area contributed by atoms with Crippen LogP contribution in [0.25, 0.3) is 0 Å². The van der Waals surface area contributed by atoms with E-state index in [1.54, 1.807) is 0 Å². The first-order valence-electron chi connectivity index (χ1n) is 6.20. The van der Waals surface area contributed by atoms with Crippen molar-refractivity contribution in [3.05, 3.63) is 11.8 Å². The molecule has 1 rings (SSSR count). The Bertz CT molecular complexity index is 354. The first-order valence-corrected chi connectivity index (χ1v) is 6.20. The molecule has 1 unspecified atom stereocenters. The topological polar surface area (TPSA) is 72.8 Å². The van der Waals surface area contributed by atoms with Crippen molar-refractivity contribution in [2.75, 3.05) is 7.11 Å². The number of allylic oxidation sites excluding steroid dienone is 1. The lowest BCUT2D eigenvalue weighted by Gasteiger charge is -2.20. The number of carbonyl (C=O) groups is 2. The van der Waals surface area contributed by atoms with E-state index in [1.165, 1.54) is 7.11 Å². The number of rotatable bonds is 7. The summed E-state index contributed by atoms with van der Waals surface area (Å²) in [6, 6.07) is 0. The number of hydrogen-bond acceptors (Lipinski definition) is 4. The van der Waals surface area contributed by atoms with E-state index in [1.807, 2.05) is 19.9 Å². The van der Waals surface area contributed by atoms with Gasteiger partial charge >= 0.3 is 11.9 Å². The van der Waals surface area contributed by atoms with Crippen LogP contribution in [0.2, 0.25) is 0 Å². The minimum absolute atomic E-state index is 0.359. The van der Waals surface area contributed by atoms with Crippen LogP contribution in [0.1, 0.15) is 39.5 Å². The van der Waals surface area contributed by atoms with Crippen molar-refractivity contribution in [2.45, 2.75) is 45.6 Å². The molecule has 18 heavy (non-hydrogen) atoms. The largest absolute Gasteiger partial charge is 0.497 e. The first-order chi connectivity index (χ1) is 8.51. The number of ether oxygens (including phenoxy) is 2. The molecular weight excluding hydrogens is 236 g/mol. The molecule has 0 aromatic heterocycles. The minimum Gasteiger partial charge on any atom is -0.497 e. The summed E-state index contributed by atoms with van der Waals surface area (Å²) in [5.41, 5.74) is -1.31. The fraction of sp³-hybridized carbons (Fsp3) is 0.692. The van der Waals surface area contributed by atoms with Crippen LogP contribution < -0.4 is 0 Å². The number of methoxy groups -OCH3 is 1. The minimum atomic E-state index is -1.31. The predicted molar refractivity (Wildman–Crippen MR) is 64.9 cm³/mol. The lowest BCUT2D eigenvalue weighted by molar-refractivity contribution is -0.164. The standard InChI is InChI=1S/C13H20O5/c1-4-6-10(17-3)9(5-2)18-12(16)13(7-8-13)11(14)15/h6,9H,4-5,7-8H2,1-3H3,(H,14,15)/b10-6-. The van der Waals surface area contributed by atoms with Crippen LogP contribution in [-0.2, 0) is 19.1 Å². The second kappa shape index (κ2) is 5.89. The molecule has 0 aromatic carbocycles. The summed E-state index contributed by atoms with van der Waals surface area (Å²) < 4.78 is 10.5. The van der Waals surface area contributed by atoms with Gasteiger partial charge in [0.05, 0.1) is 7.11 Å². The molecule has 1 aliphatic carbocycles. The number of carboxylic acids is 1. The van der Waals surface area contributed by atoms with Gasteiger partial charge in [0.25, 0.3) is 0 Å². The first kappa shape index (κ1) is 14.5. The summed E-state index contributed by atoms with van der Waals surface area (Å²) in [6.07, 6.45) is 3.37. The predicted octanol–water partition coefficient (Wildman–Crippen LogP) is 2.11. The summed E-state index contributed by atoms with van der Waals surface area (Å²) in [6.45, 7) is 3.81. The van der Waals surface area contributed by atoms with Crippen LogP contribution >= 0.6 is 0 Å². The zero-order chi connectivity index (χ0) is 13.8. The molecule has 0 aromatic rings. The lowest BCUT2D eigenvalue weighted by atomic mass is 10.1. The van der Waals surface area contributed by atoms with Crippen molar-refractivity contribution in [2.24, 2.45) is 5.41 Å². The van der Waals surface area contributed by atoms with E-state index in [2.05, 4.69) is 0 Å². The van der Waals surface area contributed by atoms with Crippen molar-refractivity contribution in [1.29, 1.82) is 0 Å². The average molecular weight is 256 g/mol. The van der Waals surface area contributed by atoms with E-state index in [-0.39, 0.29) is 0 Å². The third-order valence-corrected chi connectivity index (χ3v) is 3.13. The van der Waals surface area contributed by atoms with Crippen molar-refractivity contribution < 1.29 is 24.2 Å². The van der Waals surface area contributed by atoms with E-state index >= 15 is 0 Å². The SMILES string of the molecule is CC/C=C(\OC)C(CC)OC(=O)C1(C(=O)O)CC1. The summed E-state index contributed by atoms with van der Waals surface area (Å²) in [4.78, 5) is 22.9. The van der Waals surface area contributed by atoms with E-state index in [4.69, 9.17) is 14.6 Å². The lowest BCUT2D eigenvalue weighted by Crippen LogP contribution is -2.32. The summed E-state index contributed by atoms with van der Waals surface area (Å²) in [7, 11) is 1.52. The number of carbonyl (C=O) groups excluding carboxylic acids is 1. The Hall–Kier alpha value is -1.52. The van der Waals surface area contributed by atoms with Gasteiger partial charge in [0.15, 0.2) is 11.5 Å². The molecule has 0 heterocycles. The third-order valence-electron chi connectivity index (χ3n) is 3.13. The fourth-order valence-electron chi connectivity index (χ4n) is 1.76. The van der Waals surface area contributed by atoms with E-state index < -0.39 is 23.5 Å². The van der Waals surface area contributed by atoms with Gasteiger partial charge in [0, 0.05) is 0 Å². The molecule has 0 bridgehead atoms. The Labute approximate surface area is 107 Å². The van der Waals surface area contributed by atoms with Crippen LogP contribution in [-0.4, -0.2) is 30.3 Å². The number of hydrogen-bond donors (Lipinski definition) is 1. The Balaban J connectivity index is 2.72. The summed E-state index contributed by atoms with van der Waals surface area (Å²) >= 11 is 0. The molecule has 1 atom stereocenters. The molecule has 5 nitrogen and oxygen atoms in total. The van der Waals surface area contributed by atoms with Gasteiger partial charge < -0.3 is 14.6 Å². The monoisotopic (exact) mass is 256 g/mol. The van der Waals surface area contributed by atoms with Crippen molar-refractivity contribution >= 4 is 11.9 Å². The molecule has 0 radical (unpaired) electrons. The maximum atomic E-state index is 11.9. The zero-order valence-electron chi connectivity index (χ0n) is 11.1. The molecule has 0 aliphatic heterocycles. The van der Waals surface area contributed by atoms with Gasteiger partial charge in [-0.3, -0.25) is 9.59 Å². The summed E-state index contributed by atoms with van der Waals surface area (Å²) in [5.74, 6) is -1.17. The van der Waals surface area contributed by atoms with Crippen molar-refractivity contribution in [3.8, 4) is 0 Å². The molecule has 1 fully saturated rings. The second-order valence-corrected chi connectivity index (χ2v) is 4.41. The second-order valence-electron chi connectivity index (χ2n) is 4.41. The summed E-state index contributed by atoms with van der Waals surface area (Å²) in [5, 5.41) is 9.01. The quantitative estimate of drug-likeness (QED) is 0.429. The molecule has 1 saturated carbocycles. The highest BCUT2D eigenvalue weighted by molar-refractivity contribution is 6.02. The van der Waals surface area contributed by atoms with Crippen LogP contribution in [0.4, 0.5) is 0 Å². The van der Waals surface area contributed by atoms with Crippen LogP contribution in [0, 0.1) is 5.41 Å². The molecule has 1 aliphatic rings. The van der Waals surface area contributed by atoms with Gasteiger partial charge in [-0.15, -0.1) is 0 Å². The molecule has 0 spiro atoms. The molecular formula is C13H20O5. The Kier molecular flexibility index (Phi) is 4.76. The van der Waals surface area contributed by atoms with Gasteiger partial charge in [-0.05, 0) is 31.8 Å². The zero-order valence-corrected chi connectivity index (χ0v) is 11.1. The molecule has 1 N–H and O–H groups in total. The number of carboxylic acid groups (broad SMARTS) is 1. The average Bonchev–Trinajstić information content (AvgIpc) is 3.14. The van der Waals surface area contributed by atoms with Gasteiger partial charge in [-0.1, -0.05) is 13.8 Å². The smallest absolute Gasteiger partial charge is 0.324 e. The molecule has 0 amide bonds. The van der Waals surface area contributed by atoms with Gasteiger partial charge in [-0.25, -0.2) is 0 Å². The van der Waals surface area contributed by atoms with Gasteiger partial charge in [0.2, 0.25) is 0 Å². The van der Waals surface area contributed by atoms with Crippen molar-refractivity contribution in [3.63, 3.8) is 0 Å². The van der Waals surface area contributed by atoms with E-state index in [0.29, 0.717) is 25.0 Å². The molecule has 5 heteroatoms. The number of aliphatic carboxylic acids is 1. The van der Waals surface area contributed by atoms with Crippen molar-refractivity contribution in [1.82, 2.24) is 0 Å². The number of esters is 1. The Morgan fingerprint density at radius 1 is 1.39 bits per heavy atom. The Morgan fingerprint density at radius 3 is 2.33 bits per heavy atom. The Morgan fingerprint density at radius 2 is 2.00 bits per heavy atom. The fourth-order valence-corrected chi connectivity index (χ4v) is 1.76. The van der Waals surface area contributed by atoms with Gasteiger partial charge in [0.1, 0.15) is 5.76 Å². The normalized spacial score (nSPS) is 18.9. The van der Waals surface area contributed by atoms with Crippen LogP contribution in [0.5, 0.6) is 0 Å². The van der Waals surface area contributed by atoms with Gasteiger partial charge in [-0.2, -0.15) is 0 Å². The third kappa shape index (κ3) is 2.83. The maximum Gasteiger partial charge on any atom is 0.324 e. The van der Waals surface area contributed by atoms with E-state index in [9.17, 15) is 9.59 Å². The van der Waals surface area contributed by atoms with Crippen LogP contribution in [0.3, 0.4) is 0 Å². The molecule has 0 saturated heterocycles.